The molecule has 0 aliphatic heterocycles. The Bertz CT molecular complexity index is 919. The van der Waals surface area contributed by atoms with E-state index in [2.05, 4.69) is 48.0 Å². The SMILES string of the molecule is CNc1sc2c3cccc(C4CC4)c3n(C(C)C)c2c1C#N. The summed E-state index contributed by atoms with van der Waals surface area (Å²) in [7, 11) is 1.89. The van der Waals surface area contributed by atoms with Crippen LogP contribution in [0.5, 0.6) is 0 Å². The van der Waals surface area contributed by atoms with Gasteiger partial charge in [-0.1, -0.05) is 18.2 Å². The molecule has 0 atom stereocenters. The number of nitrogens with zero attached hydrogens (tertiary/aromatic N) is 2. The van der Waals surface area contributed by atoms with E-state index in [9.17, 15) is 5.26 Å². The largest absolute Gasteiger partial charge is 0.379 e. The number of nitriles is 1. The van der Waals surface area contributed by atoms with Gasteiger partial charge in [-0.15, -0.1) is 11.3 Å². The molecule has 2 heterocycles. The third-order valence-electron chi connectivity index (χ3n) is 4.55. The van der Waals surface area contributed by atoms with Crippen LogP contribution >= 0.6 is 11.3 Å². The van der Waals surface area contributed by atoms with Crippen molar-refractivity contribution in [2.75, 3.05) is 12.4 Å². The van der Waals surface area contributed by atoms with Crippen molar-refractivity contribution in [2.45, 2.75) is 38.6 Å². The Morgan fingerprint density at radius 3 is 2.68 bits per heavy atom. The average molecular weight is 309 g/mol. The van der Waals surface area contributed by atoms with E-state index < -0.39 is 0 Å². The fraction of sp³-hybridized carbons (Fsp3) is 0.389. The van der Waals surface area contributed by atoms with Crippen LogP contribution in [0.1, 0.15) is 49.8 Å². The van der Waals surface area contributed by atoms with E-state index in [1.165, 1.54) is 34.0 Å². The fourth-order valence-corrected chi connectivity index (χ4v) is 4.60. The summed E-state index contributed by atoms with van der Waals surface area (Å²) in [6.07, 6.45) is 2.59. The van der Waals surface area contributed by atoms with Gasteiger partial charge in [-0.25, -0.2) is 0 Å². The van der Waals surface area contributed by atoms with E-state index in [1.54, 1.807) is 11.3 Å². The quantitative estimate of drug-likeness (QED) is 0.720. The van der Waals surface area contributed by atoms with Crippen molar-refractivity contribution >= 4 is 37.5 Å². The average Bonchev–Trinajstić information content (AvgIpc) is 3.21. The topological polar surface area (TPSA) is 40.8 Å². The van der Waals surface area contributed by atoms with Gasteiger partial charge in [-0.3, -0.25) is 0 Å². The van der Waals surface area contributed by atoms with Crippen LogP contribution in [0.15, 0.2) is 18.2 Å². The maximum absolute atomic E-state index is 9.66. The molecule has 1 N–H and O–H groups in total. The normalized spacial score (nSPS) is 14.9. The Hall–Kier alpha value is -1.99. The van der Waals surface area contributed by atoms with Crippen LogP contribution in [0, 0.1) is 11.3 Å². The summed E-state index contributed by atoms with van der Waals surface area (Å²) < 4.78 is 3.63. The van der Waals surface area contributed by atoms with Crippen LogP contribution in [-0.4, -0.2) is 11.6 Å². The predicted octanol–water partition coefficient (Wildman–Crippen LogP) is 5.23. The van der Waals surface area contributed by atoms with Crippen LogP contribution in [0.2, 0.25) is 0 Å². The summed E-state index contributed by atoms with van der Waals surface area (Å²) in [5, 5.41) is 15.1. The van der Waals surface area contributed by atoms with Crippen LogP contribution in [0.4, 0.5) is 5.00 Å². The van der Waals surface area contributed by atoms with Gasteiger partial charge in [-0.2, -0.15) is 5.26 Å². The second-order valence-electron chi connectivity index (χ2n) is 6.33. The minimum Gasteiger partial charge on any atom is -0.379 e. The zero-order valence-electron chi connectivity index (χ0n) is 13.1. The van der Waals surface area contributed by atoms with E-state index in [0.29, 0.717) is 12.0 Å². The molecular weight excluding hydrogens is 290 g/mol. The van der Waals surface area contributed by atoms with Crippen molar-refractivity contribution in [3.8, 4) is 6.07 Å². The van der Waals surface area contributed by atoms with Crippen LogP contribution in [0.3, 0.4) is 0 Å². The Balaban J connectivity index is 2.22. The Morgan fingerprint density at radius 1 is 1.32 bits per heavy atom. The van der Waals surface area contributed by atoms with Gasteiger partial charge >= 0.3 is 0 Å². The summed E-state index contributed by atoms with van der Waals surface area (Å²) in [4.78, 5) is 0. The van der Waals surface area contributed by atoms with Gasteiger partial charge in [0.25, 0.3) is 0 Å². The van der Waals surface area contributed by atoms with Crippen molar-refractivity contribution in [3.05, 3.63) is 29.3 Å². The zero-order valence-corrected chi connectivity index (χ0v) is 13.9. The first-order chi connectivity index (χ1) is 10.7. The minimum absolute atomic E-state index is 0.339. The molecule has 2 aromatic heterocycles. The van der Waals surface area contributed by atoms with Crippen LogP contribution in [-0.2, 0) is 0 Å². The van der Waals surface area contributed by atoms with Gasteiger partial charge in [0.1, 0.15) is 16.6 Å². The van der Waals surface area contributed by atoms with E-state index in [0.717, 1.165) is 16.1 Å². The van der Waals surface area contributed by atoms with Gasteiger partial charge in [0, 0.05) is 18.5 Å². The van der Waals surface area contributed by atoms with Gasteiger partial charge in [0.2, 0.25) is 0 Å². The van der Waals surface area contributed by atoms with E-state index in [4.69, 9.17) is 0 Å². The molecular formula is C18H19N3S. The van der Waals surface area contributed by atoms with E-state index >= 15 is 0 Å². The molecule has 3 aromatic rings. The number of benzene rings is 1. The van der Waals surface area contributed by atoms with Gasteiger partial charge in [0.15, 0.2) is 0 Å². The molecule has 1 aliphatic carbocycles. The standard InChI is InChI=1S/C18H19N3S/c1-10(2)21-15-12(11-7-8-11)5-4-6-13(15)17-16(21)14(9-19)18(20-3)22-17/h4-6,10-11,20H,7-8H2,1-3H3. The summed E-state index contributed by atoms with van der Waals surface area (Å²) in [5.74, 6) is 0.708. The highest BCUT2D eigenvalue weighted by Crippen LogP contribution is 2.48. The molecule has 1 saturated carbocycles. The third kappa shape index (κ3) is 1.72. The zero-order chi connectivity index (χ0) is 15.4. The molecule has 0 radical (unpaired) electrons. The molecule has 4 heteroatoms. The molecule has 112 valence electrons. The van der Waals surface area contributed by atoms with Gasteiger partial charge < -0.3 is 9.88 Å². The van der Waals surface area contributed by atoms with Gasteiger partial charge in [0.05, 0.1) is 15.7 Å². The molecule has 1 aliphatic rings. The summed E-state index contributed by atoms with van der Waals surface area (Å²) in [6, 6.07) is 9.41. The van der Waals surface area contributed by atoms with Crippen molar-refractivity contribution in [2.24, 2.45) is 0 Å². The fourth-order valence-electron chi connectivity index (χ4n) is 3.48. The molecule has 1 aromatic carbocycles. The van der Waals surface area contributed by atoms with Crippen molar-refractivity contribution in [1.82, 2.24) is 4.57 Å². The Labute approximate surface area is 134 Å². The highest BCUT2D eigenvalue weighted by molar-refractivity contribution is 7.24. The molecule has 22 heavy (non-hydrogen) atoms. The maximum Gasteiger partial charge on any atom is 0.111 e. The lowest BCUT2D eigenvalue weighted by molar-refractivity contribution is 0.640. The summed E-state index contributed by atoms with van der Waals surface area (Å²) in [5.41, 5.74) is 4.70. The second kappa shape index (κ2) is 4.76. The molecule has 0 spiro atoms. The van der Waals surface area contributed by atoms with Crippen molar-refractivity contribution in [1.29, 1.82) is 5.26 Å². The number of rotatable bonds is 3. The highest BCUT2D eigenvalue weighted by atomic mass is 32.1. The number of thiophene rings is 1. The minimum atomic E-state index is 0.339. The number of hydrogen-bond donors (Lipinski definition) is 1. The van der Waals surface area contributed by atoms with Crippen molar-refractivity contribution < 1.29 is 0 Å². The molecule has 4 rings (SSSR count). The number of para-hydroxylation sites is 1. The number of anilines is 1. The van der Waals surface area contributed by atoms with Crippen LogP contribution < -0.4 is 5.32 Å². The molecule has 1 fully saturated rings. The number of fused-ring (bicyclic) bond motifs is 3. The first kappa shape index (κ1) is 13.7. The molecule has 0 unspecified atom stereocenters. The monoisotopic (exact) mass is 309 g/mol. The van der Waals surface area contributed by atoms with Gasteiger partial charge in [-0.05, 0) is 38.2 Å². The molecule has 0 saturated heterocycles. The van der Waals surface area contributed by atoms with Crippen LogP contribution in [0.25, 0.3) is 21.1 Å². The molecule has 0 amide bonds. The second-order valence-corrected chi connectivity index (χ2v) is 7.35. The van der Waals surface area contributed by atoms with E-state index in [-0.39, 0.29) is 0 Å². The molecule has 0 bridgehead atoms. The lowest BCUT2D eigenvalue weighted by Gasteiger charge is -2.14. The lowest BCUT2D eigenvalue weighted by atomic mass is 10.1. The smallest absolute Gasteiger partial charge is 0.111 e. The number of hydrogen-bond acceptors (Lipinski definition) is 3. The van der Waals surface area contributed by atoms with Crippen molar-refractivity contribution in [3.63, 3.8) is 0 Å². The highest BCUT2D eigenvalue weighted by Gasteiger charge is 2.29. The molecule has 3 nitrogen and oxygen atoms in total. The number of aromatic nitrogens is 1. The third-order valence-corrected chi connectivity index (χ3v) is 5.78. The summed E-state index contributed by atoms with van der Waals surface area (Å²) in [6.45, 7) is 4.42. The maximum atomic E-state index is 9.66. The first-order valence-electron chi connectivity index (χ1n) is 7.84. The Morgan fingerprint density at radius 2 is 2.09 bits per heavy atom. The first-order valence-corrected chi connectivity index (χ1v) is 8.66. The lowest BCUT2D eigenvalue weighted by Crippen LogP contribution is -2.03. The number of nitrogens with one attached hydrogen (secondary N) is 1. The Kier molecular flexibility index (Phi) is 2.95. The van der Waals surface area contributed by atoms with E-state index in [1.807, 2.05) is 7.05 Å². The predicted molar refractivity (Wildman–Crippen MR) is 93.9 cm³/mol. The summed E-state index contributed by atoms with van der Waals surface area (Å²) >= 11 is 1.70.